The van der Waals surface area contributed by atoms with Gasteiger partial charge in [-0.25, -0.2) is 0 Å². The predicted octanol–water partition coefficient (Wildman–Crippen LogP) is 2.66. The summed E-state index contributed by atoms with van der Waals surface area (Å²) in [6, 6.07) is 84.3. The standard InChI is InChI=1S/C48H46O5Si6/c1-9-25-41(26-10-1)54(42-27-11-2-12-28-42)49-56(45-33-17-5-18-34-45)51-58(47-37-21-7-22-38-47)53-59(48-39-23-8-24-40-48)52-57(46-35-19-6-20-36-46)50-55(43-29-13-3-14-30-43)44-31-15-4-16-32-44/h1-40,54-59H. The van der Waals surface area contributed by atoms with Crippen molar-refractivity contribution >= 4 is 96.7 Å². The summed E-state index contributed by atoms with van der Waals surface area (Å²) in [5.74, 6) is 0. The molecule has 8 aromatic carbocycles. The highest BCUT2D eigenvalue weighted by Crippen LogP contribution is 2.09. The third-order valence-corrected chi connectivity index (χ3v) is 27.7. The van der Waals surface area contributed by atoms with Gasteiger partial charge in [0.05, 0.1) is 0 Å². The van der Waals surface area contributed by atoms with E-state index in [0.717, 1.165) is 20.7 Å². The molecule has 5 nitrogen and oxygen atoms in total. The Morgan fingerprint density at radius 2 is 0.322 bits per heavy atom. The van der Waals surface area contributed by atoms with Gasteiger partial charge in [-0.3, -0.25) is 0 Å². The molecule has 11 heteroatoms. The molecular formula is C48H46O5Si6. The van der Waals surface area contributed by atoms with Gasteiger partial charge in [-0.1, -0.05) is 243 Å². The highest BCUT2D eigenvalue weighted by Gasteiger charge is 2.36. The van der Waals surface area contributed by atoms with Crippen molar-refractivity contribution < 1.29 is 20.6 Å². The lowest BCUT2D eigenvalue weighted by Crippen LogP contribution is -2.59. The van der Waals surface area contributed by atoms with E-state index in [0.29, 0.717) is 0 Å². The second kappa shape index (κ2) is 21.2. The van der Waals surface area contributed by atoms with Gasteiger partial charge in [0.15, 0.2) is 0 Å². The fourth-order valence-electron chi connectivity index (χ4n) is 6.99. The van der Waals surface area contributed by atoms with E-state index >= 15 is 0 Å². The van der Waals surface area contributed by atoms with Crippen molar-refractivity contribution in [2.45, 2.75) is 0 Å². The zero-order chi connectivity index (χ0) is 39.9. The minimum atomic E-state index is -2.73. The SMILES string of the molecule is c1ccc([SiH](O[SiH](O[SiH](O[SiH](c2ccccc2)c2ccccc2)c2ccccc2)c2ccccc2)O[SiH](O[SiH](c2ccccc2)c2ccccc2)c2ccccc2)cc1. The molecule has 0 heterocycles. The molecule has 0 aliphatic rings. The summed E-state index contributed by atoms with van der Waals surface area (Å²) in [6.45, 7) is 0. The Labute approximate surface area is 357 Å². The van der Waals surface area contributed by atoms with Crippen molar-refractivity contribution in [3.63, 3.8) is 0 Å². The maximum absolute atomic E-state index is 7.49. The molecule has 0 N–H and O–H groups in total. The van der Waals surface area contributed by atoms with E-state index in [9.17, 15) is 0 Å². The molecule has 0 aliphatic carbocycles. The van der Waals surface area contributed by atoms with E-state index in [1.165, 1.54) is 20.7 Å². The molecule has 0 aliphatic heterocycles. The van der Waals surface area contributed by atoms with Gasteiger partial charge in [-0.15, -0.1) is 0 Å². The third kappa shape index (κ3) is 11.1. The number of hydrogen-bond acceptors (Lipinski definition) is 5. The van der Waals surface area contributed by atoms with Gasteiger partial charge in [-0.2, -0.15) is 0 Å². The molecule has 0 saturated heterocycles. The van der Waals surface area contributed by atoms with Crippen LogP contribution in [0.5, 0.6) is 0 Å². The molecule has 59 heavy (non-hydrogen) atoms. The first-order chi connectivity index (χ1) is 29.3. The van der Waals surface area contributed by atoms with Gasteiger partial charge < -0.3 is 20.6 Å². The van der Waals surface area contributed by atoms with Crippen molar-refractivity contribution in [2.75, 3.05) is 0 Å². The fraction of sp³-hybridized carbons (Fsp3) is 0. The van der Waals surface area contributed by atoms with Crippen LogP contribution in [0.3, 0.4) is 0 Å². The van der Waals surface area contributed by atoms with Crippen LogP contribution in [0.1, 0.15) is 0 Å². The van der Waals surface area contributed by atoms with Gasteiger partial charge in [0, 0.05) is 0 Å². The summed E-state index contributed by atoms with van der Waals surface area (Å²) in [7, 11) is -15.1. The first-order valence-corrected chi connectivity index (χ1v) is 29.3. The molecule has 0 bridgehead atoms. The first-order valence-electron chi connectivity index (χ1n) is 20.0. The van der Waals surface area contributed by atoms with Crippen molar-refractivity contribution in [3.8, 4) is 0 Å². The Balaban J connectivity index is 1.18. The smallest absolute Gasteiger partial charge is 0.338 e. The highest BCUT2D eigenvalue weighted by atomic mass is 28.5. The Bertz CT molecular complexity index is 2140. The normalized spacial score (nSPS) is 13.5. The van der Waals surface area contributed by atoms with Crippen LogP contribution in [-0.4, -0.2) is 55.2 Å². The zero-order valence-electron chi connectivity index (χ0n) is 32.6. The fourth-order valence-corrected chi connectivity index (χ4v) is 27.7. The lowest BCUT2D eigenvalue weighted by atomic mass is 10.4. The maximum atomic E-state index is 7.49. The van der Waals surface area contributed by atoms with Crippen LogP contribution in [0.2, 0.25) is 0 Å². The lowest BCUT2D eigenvalue weighted by Gasteiger charge is -2.32. The van der Waals surface area contributed by atoms with Gasteiger partial charge in [0.1, 0.15) is 0 Å². The first kappa shape index (κ1) is 40.6. The number of hydrogen-bond donors (Lipinski definition) is 0. The minimum absolute atomic E-state index is 1.04. The van der Waals surface area contributed by atoms with Crippen LogP contribution >= 0.6 is 0 Å². The van der Waals surface area contributed by atoms with E-state index in [4.69, 9.17) is 20.6 Å². The van der Waals surface area contributed by atoms with Crippen molar-refractivity contribution in [2.24, 2.45) is 0 Å². The Hall–Kier alpha value is -5.14. The van der Waals surface area contributed by atoms with Crippen molar-refractivity contribution in [3.05, 3.63) is 243 Å². The van der Waals surface area contributed by atoms with E-state index in [1.807, 2.05) is 24.3 Å². The predicted molar refractivity (Wildman–Crippen MR) is 257 cm³/mol. The Morgan fingerprint density at radius 1 is 0.169 bits per heavy atom. The average molecular weight is 871 g/mol. The maximum Gasteiger partial charge on any atom is 0.338 e. The van der Waals surface area contributed by atoms with E-state index < -0.39 is 55.2 Å². The number of rotatable bonds is 18. The van der Waals surface area contributed by atoms with Crippen LogP contribution in [0.25, 0.3) is 0 Å². The molecule has 8 rings (SSSR count). The summed E-state index contributed by atoms with van der Waals surface area (Å²) < 4.78 is 37.3. The monoisotopic (exact) mass is 870 g/mol. The zero-order valence-corrected chi connectivity index (χ0v) is 39.5. The van der Waals surface area contributed by atoms with Crippen LogP contribution < -0.4 is 41.5 Å². The molecule has 0 radical (unpaired) electrons. The van der Waals surface area contributed by atoms with Gasteiger partial charge >= 0.3 is 37.1 Å². The summed E-state index contributed by atoms with van der Waals surface area (Å²) in [5, 5.41) is 9.06. The molecule has 8 aromatic rings. The topological polar surface area (TPSA) is 46.2 Å². The second-order valence-corrected chi connectivity index (χ2v) is 29.0. The quantitative estimate of drug-likeness (QED) is 0.124. The van der Waals surface area contributed by atoms with Crippen LogP contribution in [0.15, 0.2) is 243 Å². The second-order valence-electron chi connectivity index (χ2n) is 14.1. The number of benzene rings is 8. The van der Waals surface area contributed by atoms with E-state index in [2.05, 4.69) is 218 Å². The molecule has 4 atom stereocenters. The highest BCUT2D eigenvalue weighted by molar-refractivity contribution is 6.90. The molecular weight excluding hydrogens is 825 g/mol. The average Bonchev–Trinajstić information content (AvgIpc) is 3.33. The molecule has 0 fully saturated rings. The summed E-state index contributed by atoms with van der Waals surface area (Å²) in [4.78, 5) is 0. The molecule has 0 aromatic heterocycles. The van der Waals surface area contributed by atoms with E-state index in [-0.39, 0.29) is 0 Å². The molecule has 0 saturated carbocycles. The summed E-state index contributed by atoms with van der Waals surface area (Å²) in [6.07, 6.45) is 0. The van der Waals surface area contributed by atoms with Crippen LogP contribution in [0.4, 0.5) is 0 Å². The van der Waals surface area contributed by atoms with Crippen molar-refractivity contribution in [1.29, 1.82) is 0 Å². The van der Waals surface area contributed by atoms with Gasteiger partial charge in [-0.05, 0) is 41.5 Å². The summed E-state index contributed by atoms with van der Waals surface area (Å²) >= 11 is 0. The van der Waals surface area contributed by atoms with Gasteiger partial charge in [0.2, 0.25) is 18.1 Å². The van der Waals surface area contributed by atoms with E-state index in [1.54, 1.807) is 0 Å². The Kier molecular flexibility index (Phi) is 14.6. The van der Waals surface area contributed by atoms with Crippen molar-refractivity contribution in [1.82, 2.24) is 0 Å². The summed E-state index contributed by atoms with van der Waals surface area (Å²) in [5.41, 5.74) is 0. The molecule has 4 unspecified atom stereocenters. The Morgan fingerprint density at radius 3 is 0.508 bits per heavy atom. The minimum Gasteiger partial charge on any atom is -0.430 e. The van der Waals surface area contributed by atoms with Crippen LogP contribution in [-0.2, 0) is 20.6 Å². The largest absolute Gasteiger partial charge is 0.430 e. The van der Waals surface area contributed by atoms with Crippen LogP contribution in [0, 0.1) is 0 Å². The molecule has 0 spiro atoms. The molecule has 0 amide bonds. The molecule has 292 valence electrons. The third-order valence-electron chi connectivity index (χ3n) is 9.96. The van der Waals surface area contributed by atoms with Gasteiger partial charge in [0.25, 0.3) is 0 Å². The lowest BCUT2D eigenvalue weighted by molar-refractivity contribution is 0.352.